The maximum absolute atomic E-state index is 12.3. The maximum Gasteiger partial charge on any atom is 0.340 e. The Balaban J connectivity index is 2.18. The van der Waals surface area contributed by atoms with Crippen molar-refractivity contribution in [3.8, 4) is 6.07 Å². The minimum Gasteiger partial charge on any atom is -0.462 e. The highest BCUT2D eigenvalue weighted by Crippen LogP contribution is 2.19. The predicted molar refractivity (Wildman–Crippen MR) is 97.6 cm³/mol. The van der Waals surface area contributed by atoms with Crippen LogP contribution in [-0.2, 0) is 9.53 Å². The van der Waals surface area contributed by atoms with Gasteiger partial charge >= 0.3 is 5.97 Å². The van der Waals surface area contributed by atoms with Crippen molar-refractivity contribution in [3.63, 3.8) is 0 Å². The quantitative estimate of drug-likeness (QED) is 0.349. The predicted octanol–water partition coefficient (Wildman–Crippen LogP) is 3.37. The number of ether oxygens (including phenoxy) is 1. The first-order valence-corrected chi connectivity index (χ1v) is 7.99. The summed E-state index contributed by atoms with van der Waals surface area (Å²) >= 11 is 5.91. The Kier molecular flexibility index (Phi) is 6.71. The van der Waals surface area contributed by atoms with Crippen LogP contribution >= 0.6 is 11.6 Å². The third-order valence-corrected chi connectivity index (χ3v) is 3.47. The molecule has 7 nitrogen and oxygen atoms in total. The number of nitriles is 1. The Labute approximate surface area is 155 Å². The molecule has 0 spiro atoms. The molecule has 0 bridgehead atoms. The average molecular weight is 371 g/mol. The largest absolute Gasteiger partial charge is 0.462 e. The van der Waals surface area contributed by atoms with E-state index in [1.807, 2.05) is 0 Å². The lowest BCUT2D eigenvalue weighted by atomic mass is 10.1. The molecular formula is C18H15ClN4O3. The zero-order valence-corrected chi connectivity index (χ0v) is 14.6. The third kappa shape index (κ3) is 4.82. The van der Waals surface area contributed by atoms with Crippen molar-refractivity contribution in [2.45, 2.75) is 6.92 Å². The highest BCUT2D eigenvalue weighted by atomic mass is 35.5. The van der Waals surface area contributed by atoms with Gasteiger partial charge < -0.3 is 15.4 Å². The Hall–Kier alpha value is -3.37. The number of hydrogen-bond donors (Lipinski definition) is 2. The SMILES string of the molecule is CCOC(=O)c1ccccc1NC(=O)/C(C#N)=C\Nc1cccnc1Cl. The molecule has 0 aliphatic heterocycles. The smallest absolute Gasteiger partial charge is 0.340 e. The number of nitrogens with zero attached hydrogens (tertiary/aromatic N) is 2. The minimum absolute atomic E-state index is 0.197. The Morgan fingerprint density at radius 3 is 2.69 bits per heavy atom. The van der Waals surface area contributed by atoms with Gasteiger partial charge in [-0.15, -0.1) is 0 Å². The van der Waals surface area contributed by atoms with E-state index in [2.05, 4.69) is 15.6 Å². The summed E-state index contributed by atoms with van der Waals surface area (Å²) in [6, 6.07) is 11.5. The lowest BCUT2D eigenvalue weighted by molar-refractivity contribution is -0.112. The van der Waals surface area contributed by atoms with Crippen LogP contribution < -0.4 is 10.6 Å². The lowest BCUT2D eigenvalue weighted by Crippen LogP contribution is -2.17. The molecule has 0 radical (unpaired) electrons. The van der Waals surface area contributed by atoms with E-state index in [0.29, 0.717) is 5.69 Å². The van der Waals surface area contributed by atoms with Crippen molar-refractivity contribution in [2.75, 3.05) is 17.2 Å². The second kappa shape index (κ2) is 9.20. The van der Waals surface area contributed by atoms with Gasteiger partial charge in [0.15, 0.2) is 5.15 Å². The maximum atomic E-state index is 12.3. The van der Waals surface area contributed by atoms with Gasteiger partial charge in [0.2, 0.25) is 0 Å². The number of para-hydroxylation sites is 1. The van der Waals surface area contributed by atoms with Crippen LogP contribution in [0.25, 0.3) is 0 Å². The molecule has 0 fully saturated rings. The van der Waals surface area contributed by atoms with E-state index in [-0.39, 0.29) is 28.6 Å². The number of nitrogens with one attached hydrogen (secondary N) is 2. The molecule has 2 rings (SSSR count). The number of hydrogen-bond acceptors (Lipinski definition) is 6. The van der Waals surface area contributed by atoms with Gasteiger partial charge in [0.05, 0.1) is 23.5 Å². The standard InChI is InChI=1S/C18H15ClN4O3/c1-2-26-18(25)13-6-3-4-7-14(13)23-17(24)12(10-20)11-22-15-8-5-9-21-16(15)19/h3-9,11,22H,2H2,1H3,(H,23,24)/b12-11-. The van der Waals surface area contributed by atoms with Gasteiger partial charge in [-0.1, -0.05) is 23.7 Å². The fraction of sp³-hybridized carbons (Fsp3) is 0.111. The molecule has 1 aromatic carbocycles. The van der Waals surface area contributed by atoms with Crippen LogP contribution in [-0.4, -0.2) is 23.5 Å². The Bertz CT molecular complexity index is 890. The topological polar surface area (TPSA) is 104 Å². The van der Waals surface area contributed by atoms with Gasteiger partial charge in [0, 0.05) is 12.4 Å². The van der Waals surface area contributed by atoms with E-state index in [1.165, 1.54) is 18.5 Å². The molecule has 0 atom stereocenters. The zero-order valence-electron chi connectivity index (χ0n) is 13.8. The van der Waals surface area contributed by atoms with Crippen LogP contribution in [0.4, 0.5) is 11.4 Å². The molecule has 1 amide bonds. The molecule has 0 saturated heterocycles. The zero-order chi connectivity index (χ0) is 18.9. The summed E-state index contributed by atoms with van der Waals surface area (Å²) in [6.07, 6.45) is 2.73. The van der Waals surface area contributed by atoms with Crippen molar-refractivity contribution in [1.82, 2.24) is 4.98 Å². The summed E-state index contributed by atoms with van der Waals surface area (Å²) in [7, 11) is 0. The summed E-state index contributed by atoms with van der Waals surface area (Å²) in [5.74, 6) is -1.25. The number of benzene rings is 1. The van der Waals surface area contributed by atoms with Crippen molar-refractivity contribution in [2.24, 2.45) is 0 Å². The molecule has 0 aliphatic carbocycles. The van der Waals surface area contributed by atoms with E-state index in [9.17, 15) is 14.9 Å². The first-order valence-electron chi connectivity index (χ1n) is 7.61. The Morgan fingerprint density at radius 2 is 2.00 bits per heavy atom. The van der Waals surface area contributed by atoms with E-state index >= 15 is 0 Å². The van der Waals surface area contributed by atoms with Crippen molar-refractivity contribution in [1.29, 1.82) is 5.26 Å². The number of carbonyl (C=O) groups is 2. The summed E-state index contributed by atoms with van der Waals surface area (Å²) < 4.78 is 4.95. The molecule has 0 unspecified atom stereocenters. The molecule has 2 aromatic rings. The summed E-state index contributed by atoms with van der Waals surface area (Å²) in [5.41, 5.74) is 0.685. The number of anilines is 2. The lowest BCUT2D eigenvalue weighted by Gasteiger charge is -2.10. The highest BCUT2D eigenvalue weighted by Gasteiger charge is 2.16. The fourth-order valence-electron chi connectivity index (χ4n) is 1.96. The monoisotopic (exact) mass is 370 g/mol. The fourth-order valence-corrected chi connectivity index (χ4v) is 2.13. The number of carbonyl (C=O) groups excluding carboxylic acids is 2. The average Bonchev–Trinajstić information content (AvgIpc) is 2.64. The number of halogens is 1. The number of pyridine rings is 1. The molecular weight excluding hydrogens is 356 g/mol. The number of aromatic nitrogens is 1. The van der Waals surface area contributed by atoms with Gasteiger partial charge in [-0.3, -0.25) is 4.79 Å². The summed E-state index contributed by atoms with van der Waals surface area (Å²) in [4.78, 5) is 28.2. The van der Waals surface area contributed by atoms with Crippen LogP contribution in [0.3, 0.4) is 0 Å². The van der Waals surface area contributed by atoms with E-state index < -0.39 is 11.9 Å². The number of amides is 1. The molecule has 0 saturated carbocycles. The van der Waals surface area contributed by atoms with Gasteiger partial charge in [-0.2, -0.15) is 5.26 Å². The van der Waals surface area contributed by atoms with Crippen molar-refractivity contribution in [3.05, 3.63) is 65.1 Å². The van der Waals surface area contributed by atoms with E-state index in [4.69, 9.17) is 16.3 Å². The second-order valence-electron chi connectivity index (χ2n) is 4.88. The minimum atomic E-state index is -0.684. The van der Waals surface area contributed by atoms with Crippen LogP contribution in [0.1, 0.15) is 17.3 Å². The highest BCUT2D eigenvalue weighted by molar-refractivity contribution is 6.32. The van der Waals surface area contributed by atoms with E-state index in [0.717, 1.165) is 0 Å². The van der Waals surface area contributed by atoms with Crippen LogP contribution in [0.15, 0.2) is 54.4 Å². The van der Waals surface area contributed by atoms with Crippen molar-refractivity contribution < 1.29 is 14.3 Å². The normalized spacial score (nSPS) is 10.6. The molecule has 26 heavy (non-hydrogen) atoms. The first-order chi connectivity index (χ1) is 12.6. The van der Waals surface area contributed by atoms with Gasteiger partial charge in [0.25, 0.3) is 5.91 Å². The molecule has 0 aliphatic rings. The first kappa shape index (κ1) is 19.0. The third-order valence-electron chi connectivity index (χ3n) is 3.17. The van der Waals surface area contributed by atoms with Crippen LogP contribution in [0.2, 0.25) is 5.15 Å². The second-order valence-corrected chi connectivity index (χ2v) is 5.23. The molecule has 1 heterocycles. The molecule has 132 valence electrons. The summed E-state index contributed by atoms with van der Waals surface area (Å²) in [6.45, 7) is 1.89. The molecule has 8 heteroatoms. The number of rotatable bonds is 6. The van der Waals surface area contributed by atoms with Crippen LogP contribution in [0, 0.1) is 11.3 Å². The number of esters is 1. The van der Waals surface area contributed by atoms with Gasteiger partial charge in [0.1, 0.15) is 11.6 Å². The van der Waals surface area contributed by atoms with Gasteiger partial charge in [-0.25, -0.2) is 9.78 Å². The van der Waals surface area contributed by atoms with Gasteiger partial charge in [-0.05, 0) is 31.2 Å². The van der Waals surface area contributed by atoms with Crippen LogP contribution in [0.5, 0.6) is 0 Å². The Morgan fingerprint density at radius 1 is 1.27 bits per heavy atom. The summed E-state index contributed by atoms with van der Waals surface area (Å²) in [5, 5.41) is 14.7. The molecule has 1 aromatic heterocycles. The molecule has 2 N–H and O–H groups in total. The van der Waals surface area contributed by atoms with Crippen molar-refractivity contribution >= 4 is 34.9 Å². The van der Waals surface area contributed by atoms with E-state index in [1.54, 1.807) is 43.3 Å².